The van der Waals surface area contributed by atoms with E-state index < -0.39 is 23.8 Å². The van der Waals surface area contributed by atoms with Crippen molar-refractivity contribution in [1.82, 2.24) is 10.8 Å². The number of carbonyl (C=O) groups is 3. The SMILES string of the molecule is O=C(NO)c1ccc(NC(=O)C(Cc2ccc(O)cc2)NC(=O)c2ccccc2)cc1. The van der Waals surface area contributed by atoms with Crippen LogP contribution in [0.1, 0.15) is 26.3 Å². The predicted molar refractivity (Wildman–Crippen MR) is 114 cm³/mol. The van der Waals surface area contributed by atoms with E-state index >= 15 is 0 Å². The number of rotatable bonds is 7. The molecule has 0 saturated carbocycles. The number of benzene rings is 3. The van der Waals surface area contributed by atoms with Gasteiger partial charge in [0.05, 0.1) is 0 Å². The summed E-state index contributed by atoms with van der Waals surface area (Å²) < 4.78 is 0. The lowest BCUT2D eigenvalue weighted by molar-refractivity contribution is -0.118. The zero-order valence-electron chi connectivity index (χ0n) is 16.4. The Morgan fingerprint density at radius 3 is 2.00 bits per heavy atom. The Labute approximate surface area is 178 Å². The van der Waals surface area contributed by atoms with Gasteiger partial charge in [-0.3, -0.25) is 19.6 Å². The second-order valence-electron chi connectivity index (χ2n) is 6.77. The third kappa shape index (κ3) is 5.91. The molecule has 8 nitrogen and oxygen atoms in total. The molecule has 0 spiro atoms. The third-order valence-corrected chi connectivity index (χ3v) is 4.55. The van der Waals surface area contributed by atoms with E-state index in [-0.39, 0.29) is 17.7 Å². The van der Waals surface area contributed by atoms with Crippen molar-refractivity contribution in [2.24, 2.45) is 0 Å². The lowest BCUT2D eigenvalue weighted by Gasteiger charge is -2.19. The van der Waals surface area contributed by atoms with Crippen LogP contribution in [0.2, 0.25) is 0 Å². The number of amides is 3. The molecule has 3 aromatic carbocycles. The molecule has 0 aliphatic heterocycles. The van der Waals surface area contributed by atoms with Gasteiger partial charge in [-0.05, 0) is 54.1 Å². The van der Waals surface area contributed by atoms with E-state index in [0.29, 0.717) is 11.3 Å². The van der Waals surface area contributed by atoms with Crippen molar-refractivity contribution in [3.63, 3.8) is 0 Å². The maximum Gasteiger partial charge on any atom is 0.274 e. The molecule has 0 heterocycles. The van der Waals surface area contributed by atoms with Crippen LogP contribution in [0.3, 0.4) is 0 Å². The summed E-state index contributed by atoms with van der Waals surface area (Å²) in [6.45, 7) is 0. The van der Waals surface area contributed by atoms with Crippen molar-refractivity contribution in [3.8, 4) is 5.75 Å². The number of hydroxylamine groups is 1. The lowest BCUT2D eigenvalue weighted by atomic mass is 10.0. The van der Waals surface area contributed by atoms with Gasteiger partial charge in [0.1, 0.15) is 11.8 Å². The molecule has 1 unspecified atom stereocenters. The highest BCUT2D eigenvalue weighted by Crippen LogP contribution is 2.14. The molecule has 0 saturated heterocycles. The maximum atomic E-state index is 12.9. The van der Waals surface area contributed by atoms with Crippen LogP contribution in [-0.4, -0.2) is 34.1 Å². The van der Waals surface area contributed by atoms with Crippen molar-refractivity contribution in [3.05, 3.63) is 95.6 Å². The Morgan fingerprint density at radius 2 is 1.39 bits per heavy atom. The summed E-state index contributed by atoms with van der Waals surface area (Å²) in [4.78, 5) is 37.0. The van der Waals surface area contributed by atoms with E-state index in [1.165, 1.54) is 41.9 Å². The second-order valence-corrected chi connectivity index (χ2v) is 6.77. The number of phenolic OH excluding ortho intramolecular Hbond substituents is 1. The van der Waals surface area contributed by atoms with E-state index in [2.05, 4.69) is 10.6 Å². The zero-order valence-corrected chi connectivity index (χ0v) is 16.4. The minimum atomic E-state index is -0.891. The minimum absolute atomic E-state index is 0.102. The fourth-order valence-electron chi connectivity index (χ4n) is 2.91. The first-order valence-corrected chi connectivity index (χ1v) is 9.45. The molecule has 3 amide bonds. The topological polar surface area (TPSA) is 128 Å². The van der Waals surface area contributed by atoms with Crippen LogP contribution in [0, 0.1) is 0 Å². The Balaban J connectivity index is 1.77. The summed E-state index contributed by atoms with van der Waals surface area (Å²) in [6.07, 6.45) is 0.204. The average molecular weight is 419 g/mol. The summed E-state index contributed by atoms with van der Waals surface area (Å²) in [5.74, 6) is -1.41. The normalized spacial score (nSPS) is 11.3. The molecule has 31 heavy (non-hydrogen) atoms. The van der Waals surface area contributed by atoms with Crippen molar-refractivity contribution in [2.75, 3.05) is 5.32 Å². The van der Waals surface area contributed by atoms with E-state index in [4.69, 9.17) is 5.21 Å². The largest absolute Gasteiger partial charge is 0.508 e. The van der Waals surface area contributed by atoms with Crippen LogP contribution < -0.4 is 16.1 Å². The highest BCUT2D eigenvalue weighted by molar-refractivity contribution is 6.01. The number of anilines is 1. The van der Waals surface area contributed by atoms with Crippen LogP contribution in [0.4, 0.5) is 5.69 Å². The van der Waals surface area contributed by atoms with Gasteiger partial charge in [-0.15, -0.1) is 0 Å². The number of phenols is 1. The Hall–Kier alpha value is -4.17. The molecule has 8 heteroatoms. The van der Waals surface area contributed by atoms with Gasteiger partial charge in [-0.25, -0.2) is 5.48 Å². The smallest absolute Gasteiger partial charge is 0.274 e. The molecule has 0 aliphatic rings. The van der Waals surface area contributed by atoms with E-state index in [0.717, 1.165) is 5.56 Å². The Kier molecular flexibility index (Phi) is 6.97. The lowest BCUT2D eigenvalue weighted by Crippen LogP contribution is -2.45. The van der Waals surface area contributed by atoms with E-state index in [1.807, 2.05) is 0 Å². The summed E-state index contributed by atoms with van der Waals surface area (Å²) >= 11 is 0. The first kappa shape index (κ1) is 21.5. The summed E-state index contributed by atoms with van der Waals surface area (Å²) in [6, 6.07) is 19.9. The number of hydrogen-bond acceptors (Lipinski definition) is 5. The van der Waals surface area contributed by atoms with Crippen molar-refractivity contribution < 1.29 is 24.7 Å². The fraction of sp³-hybridized carbons (Fsp3) is 0.0870. The van der Waals surface area contributed by atoms with Gasteiger partial charge in [0.25, 0.3) is 11.8 Å². The molecular weight excluding hydrogens is 398 g/mol. The Morgan fingerprint density at radius 1 is 0.774 bits per heavy atom. The molecule has 0 bridgehead atoms. The third-order valence-electron chi connectivity index (χ3n) is 4.55. The van der Waals surface area contributed by atoms with Crippen LogP contribution in [0.5, 0.6) is 5.75 Å². The summed E-state index contributed by atoms with van der Waals surface area (Å²) in [5, 5.41) is 23.6. The standard InChI is InChI=1S/C23H21N3O5/c27-19-12-6-15(7-13-19)14-20(25-21(28)16-4-2-1-3-5-16)23(30)24-18-10-8-17(9-11-18)22(29)26-31/h1-13,20,27,31H,14H2,(H,24,30)(H,25,28)(H,26,29). The summed E-state index contributed by atoms with van der Waals surface area (Å²) in [7, 11) is 0. The van der Waals surface area contributed by atoms with Gasteiger partial charge >= 0.3 is 0 Å². The molecule has 0 fully saturated rings. The first-order chi connectivity index (χ1) is 15.0. The number of carbonyl (C=O) groups excluding carboxylic acids is 3. The molecule has 3 rings (SSSR count). The second kappa shape index (κ2) is 10.0. The highest BCUT2D eigenvalue weighted by Gasteiger charge is 2.22. The van der Waals surface area contributed by atoms with E-state index in [9.17, 15) is 19.5 Å². The van der Waals surface area contributed by atoms with Crippen LogP contribution >= 0.6 is 0 Å². The summed E-state index contributed by atoms with van der Waals surface area (Å²) in [5.41, 5.74) is 3.35. The van der Waals surface area contributed by atoms with Crippen LogP contribution in [0.25, 0.3) is 0 Å². The van der Waals surface area contributed by atoms with Gasteiger partial charge in [-0.2, -0.15) is 0 Å². The quantitative estimate of drug-likeness (QED) is 0.297. The predicted octanol–water partition coefficient (Wildman–Crippen LogP) is 2.49. The van der Waals surface area contributed by atoms with Crippen LogP contribution in [0.15, 0.2) is 78.9 Å². The van der Waals surface area contributed by atoms with Crippen LogP contribution in [-0.2, 0) is 11.2 Å². The van der Waals surface area contributed by atoms with Crippen molar-refractivity contribution in [2.45, 2.75) is 12.5 Å². The number of nitrogens with one attached hydrogen (secondary N) is 3. The average Bonchev–Trinajstić information content (AvgIpc) is 2.80. The monoisotopic (exact) mass is 419 g/mol. The molecule has 158 valence electrons. The van der Waals surface area contributed by atoms with E-state index in [1.54, 1.807) is 42.5 Å². The molecule has 0 aromatic heterocycles. The molecule has 0 aliphatic carbocycles. The van der Waals surface area contributed by atoms with Crippen molar-refractivity contribution in [1.29, 1.82) is 0 Å². The van der Waals surface area contributed by atoms with Gasteiger partial charge < -0.3 is 15.7 Å². The molecule has 1 atom stereocenters. The fourth-order valence-corrected chi connectivity index (χ4v) is 2.91. The zero-order chi connectivity index (χ0) is 22.2. The number of hydrogen-bond donors (Lipinski definition) is 5. The van der Waals surface area contributed by atoms with Gasteiger partial charge in [0.2, 0.25) is 5.91 Å². The Bertz CT molecular complexity index is 1050. The molecule has 5 N–H and O–H groups in total. The molecule has 3 aromatic rings. The first-order valence-electron chi connectivity index (χ1n) is 9.45. The van der Waals surface area contributed by atoms with Gasteiger partial charge in [0, 0.05) is 23.2 Å². The molecule has 0 radical (unpaired) electrons. The van der Waals surface area contributed by atoms with Gasteiger partial charge in [0.15, 0.2) is 0 Å². The highest BCUT2D eigenvalue weighted by atomic mass is 16.5. The van der Waals surface area contributed by atoms with Gasteiger partial charge in [-0.1, -0.05) is 30.3 Å². The number of aromatic hydroxyl groups is 1. The maximum absolute atomic E-state index is 12.9. The minimum Gasteiger partial charge on any atom is -0.508 e. The van der Waals surface area contributed by atoms with Crippen molar-refractivity contribution >= 4 is 23.4 Å². The molecular formula is C23H21N3O5.